The molecule has 0 radical (unpaired) electrons. The largest absolute Gasteiger partial charge is 0.362 e. The van der Waals surface area contributed by atoms with E-state index in [4.69, 9.17) is 0 Å². The highest BCUT2D eigenvalue weighted by atomic mass is 14.7. The lowest BCUT2D eigenvalue weighted by atomic mass is 10.2. The van der Waals surface area contributed by atoms with Gasteiger partial charge in [0.15, 0.2) is 0 Å². The summed E-state index contributed by atoms with van der Waals surface area (Å²) in [6.07, 6.45) is 9.40. The van der Waals surface area contributed by atoms with Crippen molar-refractivity contribution in [2.45, 2.75) is 20.3 Å². The summed E-state index contributed by atoms with van der Waals surface area (Å²) in [5.41, 5.74) is 2.52. The second-order valence-electron chi connectivity index (χ2n) is 2.68. The predicted octanol–water partition coefficient (Wildman–Crippen LogP) is 3.38. The molecule has 0 aliphatic rings. The molecular formula is C11H15N. The highest BCUT2D eigenvalue weighted by Gasteiger charge is 1.86. The van der Waals surface area contributed by atoms with Crippen LogP contribution in [0.15, 0.2) is 36.1 Å². The standard InChI is InChI=1S/C11H15N/c1-3-10(4-2)7-8-11-6-5-9-12-11/h3,5-9,12H,4H2,1-2H3/b8-7-,10-3-. The summed E-state index contributed by atoms with van der Waals surface area (Å²) in [4.78, 5) is 3.13. The van der Waals surface area contributed by atoms with Crippen LogP contribution in [0, 0.1) is 0 Å². The first-order valence-corrected chi connectivity index (χ1v) is 4.33. The number of aromatic nitrogens is 1. The zero-order valence-electron chi connectivity index (χ0n) is 7.67. The van der Waals surface area contributed by atoms with Crippen molar-refractivity contribution < 1.29 is 0 Å². The normalized spacial score (nSPS) is 12.7. The smallest absolute Gasteiger partial charge is 0.0380 e. The highest BCUT2D eigenvalue weighted by molar-refractivity contribution is 5.48. The van der Waals surface area contributed by atoms with Crippen molar-refractivity contribution in [1.29, 1.82) is 0 Å². The van der Waals surface area contributed by atoms with E-state index in [9.17, 15) is 0 Å². The average Bonchev–Trinajstić information content (AvgIpc) is 2.59. The van der Waals surface area contributed by atoms with Gasteiger partial charge in [0, 0.05) is 11.9 Å². The third-order valence-corrected chi connectivity index (χ3v) is 1.88. The van der Waals surface area contributed by atoms with E-state index in [1.807, 2.05) is 12.3 Å². The third kappa shape index (κ3) is 2.42. The van der Waals surface area contributed by atoms with Gasteiger partial charge in [-0.2, -0.15) is 0 Å². The Bertz CT molecular complexity index is 265. The van der Waals surface area contributed by atoms with Crippen molar-refractivity contribution >= 4 is 6.08 Å². The molecule has 0 aliphatic carbocycles. The van der Waals surface area contributed by atoms with Crippen molar-refractivity contribution in [2.24, 2.45) is 0 Å². The Morgan fingerprint density at radius 3 is 2.92 bits per heavy atom. The van der Waals surface area contributed by atoms with Crippen molar-refractivity contribution in [3.8, 4) is 0 Å². The van der Waals surface area contributed by atoms with Crippen LogP contribution in [0.5, 0.6) is 0 Å². The minimum absolute atomic E-state index is 1.09. The minimum Gasteiger partial charge on any atom is -0.362 e. The van der Waals surface area contributed by atoms with Gasteiger partial charge in [0.2, 0.25) is 0 Å². The lowest BCUT2D eigenvalue weighted by molar-refractivity contribution is 1.14. The molecule has 0 fully saturated rings. The molecule has 0 amide bonds. The Morgan fingerprint density at radius 1 is 1.58 bits per heavy atom. The quantitative estimate of drug-likeness (QED) is 0.654. The van der Waals surface area contributed by atoms with Gasteiger partial charge in [0.1, 0.15) is 0 Å². The Balaban J connectivity index is 2.62. The number of hydrogen-bond acceptors (Lipinski definition) is 0. The van der Waals surface area contributed by atoms with E-state index in [-0.39, 0.29) is 0 Å². The fraction of sp³-hybridized carbons (Fsp3) is 0.273. The molecule has 0 atom stereocenters. The fourth-order valence-corrected chi connectivity index (χ4v) is 1.06. The van der Waals surface area contributed by atoms with E-state index in [1.165, 1.54) is 5.57 Å². The molecule has 0 saturated carbocycles. The minimum atomic E-state index is 1.09. The van der Waals surface area contributed by atoms with E-state index in [1.54, 1.807) is 0 Å². The molecule has 0 aromatic carbocycles. The van der Waals surface area contributed by atoms with Gasteiger partial charge in [-0.15, -0.1) is 0 Å². The lowest BCUT2D eigenvalue weighted by Crippen LogP contribution is -1.73. The van der Waals surface area contributed by atoms with Crippen LogP contribution < -0.4 is 0 Å². The Kier molecular flexibility index (Phi) is 3.39. The third-order valence-electron chi connectivity index (χ3n) is 1.88. The summed E-state index contributed by atoms with van der Waals surface area (Å²) in [7, 11) is 0. The van der Waals surface area contributed by atoms with Gasteiger partial charge in [0.05, 0.1) is 0 Å². The summed E-state index contributed by atoms with van der Waals surface area (Å²) < 4.78 is 0. The second-order valence-corrected chi connectivity index (χ2v) is 2.68. The molecular weight excluding hydrogens is 146 g/mol. The monoisotopic (exact) mass is 161 g/mol. The maximum absolute atomic E-state index is 3.13. The molecule has 1 aromatic heterocycles. The van der Waals surface area contributed by atoms with Crippen LogP contribution in [-0.4, -0.2) is 4.98 Å². The zero-order valence-corrected chi connectivity index (χ0v) is 7.67. The van der Waals surface area contributed by atoms with Crippen LogP contribution in [0.2, 0.25) is 0 Å². The fourth-order valence-electron chi connectivity index (χ4n) is 1.06. The first-order chi connectivity index (χ1) is 5.86. The average molecular weight is 161 g/mol. The molecule has 0 aliphatic heterocycles. The van der Waals surface area contributed by atoms with Crippen molar-refractivity contribution in [3.05, 3.63) is 41.7 Å². The van der Waals surface area contributed by atoms with Crippen LogP contribution in [0.3, 0.4) is 0 Å². The number of rotatable bonds is 3. The molecule has 64 valence electrons. The van der Waals surface area contributed by atoms with Gasteiger partial charge in [-0.25, -0.2) is 0 Å². The molecule has 0 spiro atoms. The number of allylic oxidation sites excluding steroid dienone is 3. The van der Waals surface area contributed by atoms with E-state index in [0.29, 0.717) is 0 Å². The van der Waals surface area contributed by atoms with Crippen molar-refractivity contribution in [2.75, 3.05) is 0 Å². The van der Waals surface area contributed by atoms with Crippen LogP contribution >= 0.6 is 0 Å². The van der Waals surface area contributed by atoms with Crippen molar-refractivity contribution in [1.82, 2.24) is 4.98 Å². The molecule has 0 bridgehead atoms. The van der Waals surface area contributed by atoms with Gasteiger partial charge in [-0.1, -0.05) is 24.6 Å². The molecule has 1 N–H and O–H groups in total. The first kappa shape index (κ1) is 8.85. The van der Waals surface area contributed by atoms with E-state index < -0.39 is 0 Å². The topological polar surface area (TPSA) is 15.8 Å². The van der Waals surface area contributed by atoms with E-state index in [0.717, 1.165) is 12.1 Å². The molecule has 0 unspecified atom stereocenters. The van der Waals surface area contributed by atoms with Gasteiger partial charge in [0.25, 0.3) is 0 Å². The first-order valence-electron chi connectivity index (χ1n) is 4.33. The summed E-state index contributed by atoms with van der Waals surface area (Å²) in [5.74, 6) is 0. The zero-order chi connectivity index (χ0) is 8.81. The van der Waals surface area contributed by atoms with E-state index >= 15 is 0 Å². The molecule has 1 rings (SSSR count). The maximum Gasteiger partial charge on any atom is 0.0380 e. The van der Waals surface area contributed by atoms with Crippen LogP contribution in [0.25, 0.3) is 6.08 Å². The second kappa shape index (κ2) is 4.60. The predicted molar refractivity (Wildman–Crippen MR) is 53.9 cm³/mol. The molecule has 1 aromatic rings. The van der Waals surface area contributed by atoms with Crippen molar-refractivity contribution in [3.63, 3.8) is 0 Å². The SMILES string of the molecule is C/C=C(\C=C/c1ccc[nH]1)CC. The molecule has 12 heavy (non-hydrogen) atoms. The van der Waals surface area contributed by atoms with E-state index in [2.05, 4.69) is 43.1 Å². The maximum atomic E-state index is 3.13. The van der Waals surface area contributed by atoms with Gasteiger partial charge >= 0.3 is 0 Å². The Labute approximate surface area is 73.8 Å². The molecule has 1 heterocycles. The summed E-state index contributed by atoms with van der Waals surface area (Å²) >= 11 is 0. The van der Waals surface area contributed by atoms with Gasteiger partial charge < -0.3 is 4.98 Å². The lowest BCUT2D eigenvalue weighted by Gasteiger charge is -1.92. The highest BCUT2D eigenvalue weighted by Crippen LogP contribution is 2.05. The number of aromatic amines is 1. The summed E-state index contributed by atoms with van der Waals surface area (Å²) in [5, 5.41) is 0. The van der Waals surface area contributed by atoms with Crippen LogP contribution in [0.1, 0.15) is 26.0 Å². The number of H-pyrrole nitrogens is 1. The molecule has 0 saturated heterocycles. The van der Waals surface area contributed by atoms with Gasteiger partial charge in [-0.05, 0) is 31.6 Å². The molecule has 1 nitrogen and oxygen atoms in total. The van der Waals surface area contributed by atoms with Crippen LogP contribution in [-0.2, 0) is 0 Å². The molecule has 1 heteroatoms. The Hall–Kier alpha value is -1.24. The Morgan fingerprint density at radius 2 is 2.42 bits per heavy atom. The summed E-state index contributed by atoms with van der Waals surface area (Å²) in [6, 6.07) is 4.06. The van der Waals surface area contributed by atoms with Gasteiger partial charge in [-0.3, -0.25) is 0 Å². The number of hydrogen-bond donors (Lipinski definition) is 1. The number of nitrogens with one attached hydrogen (secondary N) is 1. The summed E-state index contributed by atoms with van der Waals surface area (Å²) in [6.45, 7) is 4.23. The van der Waals surface area contributed by atoms with Crippen LogP contribution in [0.4, 0.5) is 0 Å².